The summed E-state index contributed by atoms with van der Waals surface area (Å²) in [7, 11) is 0. The van der Waals surface area contributed by atoms with Crippen molar-refractivity contribution in [3.63, 3.8) is 0 Å². The number of nitrogens with one attached hydrogen (secondary N) is 1. The zero-order valence-electron chi connectivity index (χ0n) is 18.8. The van der Waals surface area contributed by atoms with Crippen LogP contribution in [0.5, 0.6) is 0 Å². The number of likely N-dealkylation sites (tertiary alicyclic amines) is 1. The van der Waals surface area contributed by atoms with Crippen LogP contribution in [-0.4, -0.2) is 38.6 Å². The summed E-state index contributed by atoms with van der Waals surface area (Å²) in [6.45, 7) is 1.18. The lowest BCUT2D eigenvalue weighted by Crippen LogP contribution is -2.49. The number of aromatic nitrogens is 2. The first-order valence-corrected chi connectivity index (χ1v) is 11.9. The molecule has 1 saturated heterocycles. The third-order valence-electron chi connectivity index (χ3n) is 7.04. The predicted molar refractivity (Wildman–Crippen MR) is 126 cm³/mol. The minimum Gasteiger partial charge on any atom is -0.350 e. The number of amides is 2. The fourth-order valence-electron chi connectivity index (χ4n) is 5.37. The standard InChI is InChI=1S/C27H30N4O2/c32-26(28-18-20-11-13-21(14-12-20)19-30-16-6-15-29-30)25-17-23-9-4-5-10-24(23)31(25)27(33)22-7-2-1-3-8-22/h1-3,6-8,11-16,23-25H,4-5,9-10,17-19H2,(H,28,32). The predicted octanol–water partition coefficient (Wildman–Crippen LogP) is 4.02. The summed E-state index contributed by atoms with van der Waals surface area (Å²) < 4.78 is 1.88. The molecule has 0 bridgehead atoms. The van der Waals surface area contributed by atoms with E-state index in [9.17, 15) is 9.59 Å². The number of hydrogen-bond donors (Lipinski definition) is 1. The van der Waals surface area contributed by atoms with Crippen molar-refractivity contribution in [2.45, 2.75) is 57.3 Å². The first-order valence-electron chi connectivity index (χ1n) is 11.9. The van der Waals surface area contributed by atoms with Crippen molar-refractivity contribution in [3.8, 4) is 0 Å². The van der Waals surface area contributed by atoms with E-state index in [1.54, 1.807) is 6.20 Å². The monoisotopic (exact) mass is 442 g/mol. The Kier molecular flexibility index (Phi) is 6.24. The number of carbonyl (C=O) groups is 2. The molecule has 3 unspecified atom stereocenters. The number of hydrogen-bond acceptors (Lipinski definition) is 3. The molecule has 6 nitrogen and oxygen atoms in total. The summed E-state index contributed by atoms with van der Waals surface area (Å²) >= 11 is 0. The van der Waals surface area contributed by atoms with Crippen LogP contribution in [0.1, 0.15) is 53.6 Å². The van der Waals surface area contributed by atoms with E-state index < -0.39 is 6.04 Å². The molecule has 2 heterocycles. The molecule has 2 amide bonds. The molecule has 1 saturated carbocycles. The molecule has 2 aliphatic rings. The second-order valence-corrected chi connectivity index (χ2v) is 9.18. The molecule has 3 atom stereocenters. The molecular formula is C27H30N4O2. The van der Waals surface area contributed by atoms with Gasteiger partial charge in [0.2, 0.25) is 5.91 Å². The number of fused-ring (bicyclic) bond motifs is 1. The van der Waals surface area contributed by atoms with Gasteiger partial charge in [0.05, 0.1) is 6.54 Å². The molecule has 1 aliphatic carbocycles. The van der Waals surface area contributed by atoms with Gasteiger partial charge in [0.25, 0.3) is 5.91 Å². The van der Waals surface area contributed by atoms with Crippen LogP contribution in [0.2, 0.25) is 0 Å². The Bertz CT molecular complexity index is 1080. The minimum absolute atomic E-state index is 0.0203. The lowest BCUT2D eigenvalue weighted by molar-refractivity contribution is -0.125. The first-order chi connectivity index (χ1) is 16.2. The van der Waals surface area contributed by atoms with E-state index in [0.29, 0.717) is 18.0 Å². The molecule has 170 valence electrons. The van der Waals surface area contributed by atoms with Gasteiger partial charge in [-0.15, -0.1) is 0 Å². The molecule has 5 rings (SSSR count). The summed E-state index contributed by atoms with van der Waals surface area (Å²) in [6.07, 6.45) is 8.88. The Labute approximate surface area is 194 Å². The van der Waals surface area contributed by atoms with Crippen molar-refractivity contribution in [1.82, 2.24) is 20.0 Å². The Hall–Kier alpha value is -3.41. The number of rotatable bonds is 6. The van der Waals surface area contributed by atoms with Crippen molar-refractivity contribution in [2.24, 2.45) is 5.92 Å². The molecule has 0 radical (unpaired) electrons. The maximum atomic E-state index is 13.4. The van der Waals surface area contributed by atoms with Gasteiger partial charge in [-0.05, 0) is 54.5 Å². The topological polar surface area (TPSA) is 67.2 Å². The van der Waals surface area contributed by atoms with Gasteiger partial charge in [-0.3, -0.25) is 14.3 Å². The Morgan fingerprint density at radius 3 is 2.45 bits per heavy atom. The molecule has 1 N–H and O–H groups in total. The summed E-state index contributed by atoms with van der Waals surface area (Å²) in [5.41, 5.74) is 2.87. The van der Waals surface area contributed by atoms with Crippen LogP contribution in [0.3, 0.4) is 0 Å². The fourth-order valence-corrected chi connectivity index (χ4v) is 5.37. The maximum absolute atomic E-state index is 13.4. The normalized spacial score (nSPS) is 22.1. The lowest BCUT2D eigenvalue weighted by Gasteiger charge is -2.33. The van der Waals surface area contributed by atoms with E-state index in [4.69, 9.17) is 0 Å². The molecule has 2 fully saturated rings. The number of benzene rings is 2. The van der Waals surface area contributed by atoms with Crippen LogP contribution >= 0.6 is 0 Å². The molecular weight excluding hydrogens is 412 g/mol. The van der Waals surface area contributed by atoms with Crippen molar-refractivity contribution in [2.75, 3.05) is 0 Å². The summed E-state index contributed by atoms with van der Waals surface area (Å²) in [4.78, 5) is 28.6. The van der Waals surface area contributed by atoms with E-state index in [0.717, 1.165) is 43.4 Å². The van der Waals surface area contributed by atoms with E-state index in [2.05, 4.69) is 22.5 Å². The molecule has 6 heteroatoms. The SMILES string of the molecule is O=C(NCc1ccc(Cn2cccn2)cc1)C1CC2CCCCC2N1C(=O)c1ccccc1. The Morgan fingerprint density at radius 1 is 0.939 bits per heavy atom. The quantitative estimate of drug-likeness (QED) is 0.627. The van der Waals surface area contributed by atoms with Gasteiger partial charge in [0, 0.05) is 30.5 Å². The van der Waals surface area contributed by atoms with E-state index in [-0.39, 0.29) is 17.9 Å². The Morgan fingerprint density at radius 2 is 1.70 bits per heavy atom. The van der Waals surface area contributed by atoms with Gasteiger partial charge in [-0.2, -0.15) is 5.10 Å². The van der Waals surface area contributed by atoms with Crippen LogP contribution in [0.25, 0.3) is 0 Å². The summed E-state index contributed by atoms with van der Waals surface area (Å²) in [6, 6.07) is 19.3. The van der Waals surface area contributed by atoms with Gasteiger partial charge < -0.3 is 10.2 Å². The highest BCUT2D eigenvalue weighted by molar-refractivity contribution is 5.98. The van der Waals surface area contributed by atoms with Gasteiger partial charge in [0.15, 0.2) is 0 Å². The van der Waals surface area contributed by atoms with E-state index in [1.165, 1.54) is 6.42 Å². The molecule has 3 aromatic rings. The average molecular weight is 443 g/mol. The summed E-state index contributed by atoms with van der Waals surface area (Å²) in [5, 5.41) is 7.34. The fraction of sp³-hybridized carbons (Fsp3) is 0.370. The molecule has 1 aromatic heterocycles. The van der Waals surface area contributed by atoms with Gasteiger partial charge >= 0.3 is 0 Å². The third kappa shape index (κ3) is 4.70. The summed E-state index contributed by atoms with van der Waals surface area (Å²) in [5.74, 6) is 0.353. The van der Waals surface area contributed by atoms with Crippen LogP contribution < -0.4 is 5.32 Å². The first kappa shape index (κ1) is 21.4. The largest absolute Gasteiger partial charge is 0.350 e. The van der Waals surface area contributed by atoms with Gasteiger partial charge in [-0.25, -0.2) is 0 Å². The zero-order chi connectivity index (χ0) is 22.6. The van der Waals surface area contributed by atoms with Crippen molar-refractivity contribution in [1.29, 1.82) is 0 Å². The zero-order valence-corrected chi connectivity index (χ0v) is 18.8. The number of nitrogens with zero attached hydrogens (tertiary/aromatic N) is 3. The van der Waals surface area contributed by atoms with E-state index in [1.807, 2.05) is 64.3 Å². The van der Waals surface area contributed by atoms with Crippen LogP contribution in [0.15, 0.2) is 73.1 Å². The smallest absolute Gasteiger partial charge is 0.254 e. The third-order valence-corrected chi connectivity index (χ3v) is 7.04. The van der Waals surface area contributed by atoms with Gasteiger partial charge in [-0.1, -0.05) is 55.3 Å². The van der Waals surface area contributed by atoms with Crippen LogP contribution in [0.4, 0.5) is 0 Å². The highest BCUT2D eigenvalue weighted by Crippen LogP contribution is 2.40. The van der Waals surface area contributed by atoms with Crippen LogP contribution in [0, 0.1) is 5.92 Å². The molecule has 1 aliphatic heterocycles. The molecule has 0 spiro atoms. The average Bonchev–Trinajstić information content (AvgIpc) is 3.51. The van der Waals surface area contributed by atoms with E-state index >= 15 is 0 Å². The van der Waals surface area contributed by atoms with Gasteiger partial charge in [0.1, 0.15) is 6.04 Å². The van der Waals surface area contributed by atoms with Crippen LogP contribution in [-0.2, 0) is 17.9 Å². The molecule has 33 heavy (non-hydrogen) atoms. The maximum Gasteiger partial charge on any atom is 0.254 e. The van der Waals surface area contributed by atoms with Crippen molar-refractivity contribution in [3.05, 3.63) is 89.7 Å². The Balaban J connectivity index is 1.26. The number of carbonyl (C=O) groups excluding carboxylic acids is 2. The highest BCUT2D eigenvalue weighted by Gasteiger charge is 2.47. The highest BCUT2D eigenvalue weighted by atomic mass is 16.2. The van der Waals surface area contributed by atoms with Crippen molar-refractivity contribution < 1.29 is 9.59 Å². The molecule has 2 aromatic carbocycles. The second kappa shape index (κ2) is 9.61. The van der Waals surface area contributed by atoms with Crippen molar-refractivity contribution >= 4 is 11.8 Å². The second-order valence-electron chi connectivity index (χ2n) is 9.18. The minimum atomic E-state index is -0.398. The lowest BCUT2D eigenvalue weighted by atomic mass is 9.84.